The number of para-hydroxylation sites is 1. The summed E-state index contributed by atoms with van der Waals surface area (Å²) in [4.78, 5) is 12.8. The Kier molecular flexibility index (Phi) is 3.24. The van der Waals surface area contributed by atoms with E-state index in [2.05, 4.69) is 27.1 Å². The maximum atomic E-state index is 5.83. The van der Waals surface area contributed by atoms with Crippen molar-refractivity contribution in [1.29, 1.82) is 0 Å². The van der Waals surface area contributed by atoms with Crippen molar-refractivity contribution >= 4 is 11.0 Å². The van der Waals surface area contributed by atoms with E-state index in [9.17, 15) is 0 Å². The van der Waals surface area contributed by atoms with E-state index in [0.717, 1.165) is 22.2 Å². The molecule has 23 heavy (non-hydrogen) atoms. The minimum atomic E-state index is 0.327. The van der Waals surface area contributed by atoms with E-state index < -0.39 is 0 Å². The standard InChI is InChI=1S/C18H14N4O/c1-22-10-7-13-11-14(12-21-17(13)22)15-5-2-3-6-16(15)23-18-19-8-4-9-20-18/h2-12H,1H3. The van der Waals surface area contributed by atoms with Crippen LogP contribution in [0.15, 0.2) is 67.3 Å². The van der Waals surface area contributed by atoms with Crippen molar-refractivity contribution in [2.24, 2.45) is 7.05 Å². The Balaban J connectivity index is 1.78. The summed E-state index contributed by atoms with van der Waals surface area (Å²) in [6.45, 7) is 0. The third-order valence-electron chi connectivity index (χ3n) is 3.65. The largest absolute Gasteiger partial charge is 0.424 e. The average molecular weight is 302 g/mol. The summed E-state index contributed by atoms with van der Waals surface area (Å²) in [5.74, 6) is 0.704. The Labute approximate surface area is 133 Å². The number of pyridine rings is 1. The molecule has 1 aromatic carbocycles. The van der Waals surface area contributed by atoms with Gasteiger partial charge in [0.15, 0.2) is 0 Å². The molecule has 0 unspecified atom stereocenters. The number of aryl methyl sites for hydroxylation is 1. The van der Waals surface area contributed by atoms with Crippen LogP contribution in [0.2, 0.25) is 0 Å². The van der Waals surface area contributed by atoms with Gasteiger partial charge in [0.05, 0.1) is 0 Å². The van der Waals surface area contributed by atoms with Gasteiger partial charge in [-0.2, -0.15) is 0 Å². The second kappa shape index (κ2) is 5.53. The summed E-state index contributed by atoms with van der Waals surface area (Å²) in [5, 5.41) is 1.09. The van der Waals surface area contributed by atoms with Crippen LogP contribution >= 0.6 is 0 Å². The lowest BCUT2D eigenvalue weighted by Crippen LogP contribution is -1.93. The molecule has 0 N–H and O–H groups in total. The fourth-order valence-corrected chi connectivity index (χ4v) is 2.53. The maximum absolute atomic E-state index is 5.83. The third kappa shape index (κ3) is 2.53. The van der Waals surface area contributed by atoms with Gasteiger partial charge in [0.2, 0.25) is 0 Å². The normalized spacial score (nSPS) is 10.8. The molecule has 4 aromatic rings. The number of rotatable bonds is 3. The molecule has 0 aliphatic rings. The number of ether oxygens (including phenoxy) is 1. The smallest absolute Gasteiger partial charge is 0.321 e. The lowest BCUT2D eigenvalue weighted by Gasteiger charge is -2.09. The molecule has 0 saturated heterocycles. The van der Waals surface area contributed by atoms with Gasteiger partial charge in [-0.1, -0.05) is 18.2 Å². The summed E-state index contributed by atoms with van der Waals surface area (Å²) in [7, 11) is 1.98. The summed E-state index contributed by atoms with van der Waals surface area (Å²) in [6.07, 6.45) is 7.17. The molecule has 112 valence electrons. The van der Waals surface area contributed by atoms with Crippen LogP contribution < -0.4 is 4.74 Å². The summed E-state index contributed by atoms with van der Waals surface area (Å²) in [5.41, 5.74) is 2.91. The molecule has 0 bridgehead atoms. The zero-order valence-corrected chi connectivity index (χ0v) is 12.5. The molecule has 4 rings (SSSR count). The van der Waals surface area contributed by atoms with Gasteiger partial charge in [-0.15, -0.1) is 0 Å². The third-order valence-corrected chi connectivity index (χ3v) is 3.65. The highest BCUT2D eigenvalue weighted by Crippen LogP contribution is 2.33. The molecule has 0 fully saturated rings. The first kappa shape index (κ1) is 13.5. The topological polar surface area (TPSA) is 52.8 Å². The summed E-state index contributed by atoms with van der Waals surface area (Å²) < 4.78 is 7.83. The first-order valence-electron chi connectivity index (χ1n) is 7.26. The number of benzene rings is 1. The molecule has 0 atom stereocenters. The summed E-state index contributed by atoms with van der Waals surface area (Å²) in [6, 6.07) is 14.1. The number of hydrogen-bond acceptors (Lipinski definition) is 4. The van der Waals surface area contributed by atoms with Crippen molar-refractivity contribution < 1.29 is 4.74 Å². The van der Waals surface area contributed by atoms with Crippen LogP contribution in [0.25, 0.3) is 22.2 Å². The number of hydrogen-bond donors (Lipinski definition) is 0. The van der Waals surface area contributed by atoms with E-state index in [-0.39, 0.29) is 0 Å². The highest BCUT2D eigenvalue weighted by molar-refractivity contribution is 5.83. The molecule has 0 aliphatic carbocycles. The van der Waals surface area contributed by atoms with Crippen molar-refractivity contribution in [3.63, 3.8) is 0 Å². The van der Waals surface area contributed by atoms with Gasteiger partial charge in [0.1, 0.15) is 11.4 Å². The van der Waals surface area contributed by atoms with Crippen LogP contribution in [0.5, 0.6) is 11.8 Å². The fraction of sp³-hybridized carbons (Fsp3) is 0.0556. The molecule has 3 aromatic heterocycles. The second-order valence-electron chi connectivity index (χ2n) is 5.19. The van der Waals surface area contributed by atoms with E-state index in [1.54, 1.807) is 18.5 Å². The molecule has 0 amide bonds. The van der Waals surface area contributed by atoms with Crippen LogP contribution in [0, 0.1) is 0 Å². The number of fused-ring (bicyclic) bond motifs is 1. The molecule has 0 spiro atoms. The van der Waals surface area contributed by atoms with Crippen LogP contribution in [0.4, 0.5) is 0 Å². The molecule has 5 nitrogen and oxygen atoms in total. The molecule has 0 saturated carbocycles. The van der Waals surface area contributed by atoms with Crippen molar-refractivity contribution in [1.82, 2.24) is 19.5 Å². The Morgan fingerprint density at radius 2 is 1.78 bits per heavy atom. The molecule has 0 radical (unpaired) electrons. The number of aromatic nitrogens is 4. The summed E-state index contributed by atoms with van der Waals surface area (Å²) >= 11 is 0. The minimum Gasteiger partial charge on any atom is -0.424 e. The molecule has 0 aliphatic heterocycles. The molecular formula is C18H14N4O. The average Bonchev–Trinajstić information content (AvgIpc) is 2.97. The molecule has 5 heteroatoms. The van der Waals surface area contributed by atoms with Crippen molar-refractivity contribution in [2.75, 3.05) is 0 Å². The first-order valence-corrected chi connectivity index (χ1v) is 7.26. The first-order chi connectivity index (χ1) is 11.3. The van der Waals surface area contributed by atoms with Crippen molar-refractivity contribution in [3.8, 4) is 22.9 Å². The van der Waals surface area contributed by atoms with E-state index in [4.69, 9.17) is 4.74 Å². The monoisotopic (exact) mass is 302 g/mol. The highest BCUT2D eigenvalue weighted by atomic mass is 16.5. The fourth-order valence-electron chi connectivity index (χ4n) is 2.53. The van der Waals surface area contributed by atoms with Crippen molar-refractivity contribution in [2.45, 2.75) is 0 Å². The van der Waals surface area contributed by atoms with E-state index in [1.165, 1.54) is 0 Å². The maximum Gasteiger partial charge on any atom is 0.321 e. The SMILES string of the molecule is Cn1ccc2cc(-c3ccccc3Oc3ncccn3)cnc21. The Morgan fingerprint density at radius 1 is 0.957 bits per heavy atom. The lowest BCUT2D eigenvalue weighted by molar-refractivity contribution is 0.443. The number of nitrogens with zero attached hydrogens (tertiary/aromatic N) is 4. The second-order valence-corrected chi connectivity index (χ2v) is 5.19. The van der Waals surface area contributed by atoms with Gasteiger partial charge < -0.3 is 9.30 Å². The van der Waals surface area contributed by atoms with E-state index in [1.807, 2.05) is 48.3 Å². The Bertz CT molecular complexity index is 963. The Morgan fingerprint density at radius 3 is 2.65 bits per heavy atom. The van der Waals surface area contributed by atoms with E-state index in [0.29, 0.717) is 11.8 Å². The molecule has 3 heterocycles. The van der Waals surface area contributed by atoms with Crippen LogP contribution in [0.3, 0.4) is 0 Å². The predicted octanol–water partition coefficient (Wildman–Crippen LogP) is 3.82. The van der Waals surface area contributed by atoms with Gasteiger partial charge in [-0.3, -0.25) is 0 Å². The van der Waals surface area contributed by atoms with Crippen LogP contribution in [0.1, 0.15) is 0 Å². The quantitative estimate of drug-likeness (QED) is 0.577. The van der Waals surface area contributed by atoms with Gasteiger partial charge in [0.25, 0.3) is 0 Å². The van der Waals surface area contributed by atoms with Crippen LogP contribution in [-0.4, -0.2) is 19.5 Å². The lowest BCUT2D eigenvalue weighted by atomic mass is 10.1. The van der Waals surface area contributed by atoms with Gasteiger partial charge in [-0.25, -0.2) is 15.0 Å². The van der Waals surface area contributed by atoms with E-state index >= 15 is 0 Å². The highest BCUT2D eigenvalue weighted by Gasteiger charge is 2.10. The van der Waals surface area contributed by atoms with Crippen molar-refractivity contribution in [3.05, 3.63) is 67.3 Å². The predicted molar refractivity (Wildman–Crippen MR) is 88.3 cm³/mol. The van der Waals surface area contributed by atoms with Gasteiger partial charge >= 0.3 is 6.01 Å². The Hall–Kier alpha value is -3.21. The van der Waals surface area contributed by atoms with Gasteiger partial charge in [-0.05, 0) is 24.3 Å². The molecular weight excluding hydrogens is 288 g/mol. The minimum absolute atomic E-state index is 0.327. The van der Waals surface area contributed by atoms with Gasteiger partial charge in [0, 0.05) is 48.3 Å². The zero-order chi connectivity index (χ0) is 15.6. The van der Waals surface area contributed by atoms with Crippen LogP contribution in [-0.2, 0) is 7.05 Å². The zero-order valence-electron chi connectivity index (χ0n) is 12.5.